The van der Waals surface area contributed by atoms with Gasteiger partial charge in [0, 0.05) is 0 Å². The van der Waals surface area contributed by atoms with E-state index in [-0.39, 0.29) is 47.0 Å². The zero-order chi connectivity index (χ0) is 25.5. The Morgan fingerprint density at radius 1 is 1.00 bits per heavy atom. The minimum atomic E-state index is -0.510. The monoisotopic (exact) mass is 480 g/mol. The summed E-state index contributed by atoms with van der Waals surface area (Å²) >= 11 is 0. The largest absolute Gasteiger partial charge is 0.458 e. The molecule has 7 heteroatoms. The van der Waals surface area contributed by atoms with Crippen molar-refractivity contribution in [1.29, 1.82) is 0 Å². The molecular formula is C27H44O7. The second kappa shape index (κ2) is 9.79. The second-order valence-electron chi connectivity index (χ2n) is 12.0. The van der Waals surface area contributed by atoms with Gasteiger partial charge in [-0.05, 0) is 78.6 Å². The van der Waals surface area contributed by atoms with Gasteiger partial charge in [0.25, 0.3) is 0 Å². The molecule has 34 heavy (non-hydrogen) atoms. The number of esters is 3. The van der Waals surface area contributed by atoms with Gasteiger partial charge in [0.2, 0.25) is 0 Å². The molecule has 0 radical (unpaired) electrons. The van der Waals surface area contributed by atoms with E-state index >= 15 is 0 Å². The minimum Gasteiger partial charge on any atom is -0.458 e. The Labute approximate surface area is 204 Å². The molecular weight excluding hydrogens is 436 g/mol. The molecule has 4 fully saturated rings. The number of hydrogen-bond donors (Lipinski definition) is 0. The van der Waals surface area contributed by atoms with Crippen LogP contribution in [0.25, 0.3) is 0 Å². The third-order valence-electron chi connectivity index (χ3n) is 8.70. The number of rotatable bonds is 7. The van der Waals surface area contributed by atoms with Crippen LogP contribution < -0.4 is 0 Å². The van der Waals surface area contributed by atoms with Crippen molar-refractivity contribution >= 4 is 17.9 Å². The highest BCUT2D eigenvalue weighted by atomic mass is 16.7. The van der Waals surface area contributed by atoms with Crippen LogP contribution in [-0.4, -0.2) is 47.9 Å². The third-order valence-corrected chi connectivity index (χ3v) is 8.70. The van der Waals surface area contributed by atoms with Crippen molar-refractivity contribution in [3.8, 4) is 0 Å². The fourth-order valence-corrected chi connectivity index (χ4v) is 5.05. The van der Waals surface area contributed by atoms with Gasteiger partial charge < -0.3 is 18.9 Å². The maximum atomic E-state index is 12.1. The van der Waals surface area contributed by atoms with E-state index in [0.29, 0.717) is 18.8 Å². The van der Waals surface area contributed by atoms with E-state index in [1.165, 1.54) is 12.8 Å². The maximum absolute atomic E-state index is 12.1. The zero-order valence-corrected chi connectivity index (χ0v) is 22.3. The molecule has 194 valence electrons. The molecule has 0 N–H and O–H groups in total. The van der Waals surface area contributed by atoms with Gasteiger partial charge in [0.1, 0.15) is 11.7 Å². The molecule has 2 bridgehead atoms. The summed E-state index contributed by atoms with van der Waals surface area (Å²) in [5.41, 5.74) is -1.03. The summed E-state index contributed by atoms with van der Waals surface area (Å²) in [6.45, 7) is 16.0. The van der Waals surface area contributed by atoms with E-state index in [1.54, 1.807) is 0 Å². The summed E-state index contributed by atoms with van der Waals surface area (Å²) in [5.74, 6) is -0.196. The van der Waals surface area contributed by atoms with Gasteiger partial charge in [-0.25, -0.2) is 0 Å². The van der Waals surface area contributed by atoms with Crippen LogP contribution in [-0.2, 0) is 33.3 Å². The first-order chi connectivity index (χ1) is 15.8. The van der Waals surface area contributed by atoms with Crippen molar-refractivity contribution in [2.24, 2.45) is 22.7 Å². The highest BCUT2D eigenvalue weighted by molar-refractivity contribution is 5.79. The first-order valence-electron chi connectivity index (χ1n) is 13.1. The van der Waals surface area contributed by atoms with E-state index in [1.807, 2.05) is 41.5 Å². The topological polar surface area (TPSA) is 88.1 Å². The van der Waals surface area contributed by atoms with Crippen LogP contribution >= 0.6 is 0 Å². The summed E-state index contributed by atoms with van der Waals surface area (Å²) in [7, 11) is 0. The molecule has 4 aliphatic rings. The molecule has 3 saturated heterocycles. The Bertz CT molecular complexity index is 778. The van der Waals surface area contributed by atoms with Gasteiger partial charge >= 0.3 is 17.9 Å². The molecule has 0 spiro atoms. The van der Waals surface area contributed by atoms with Gasteiger partial charge in [0.15, 0.2) is 12.2 Å². The summed E-state index contributed by atoms with van der Waals surface area (Å²) in [4.78, 5) is 35.7. The van der Waals surface area contributed by atoms with Crippen LogP contribution in [0.4, 0.5) is 0 Å². The van der Waals surface area contributed by atoms with Gasteiger partial charge in [-0.15, -0.1) is 0 Å². The Morgan fingerprint density at radius 3 is 2.09 bits per heavy atom. The van der Waals surface area contributed by atoms with Crippen molar-refractivity contribution in [3.63, 3.8) is 0 Å². The van der Waals surface area contributed by atoms with E-state index in [9.17, 15) is 14.4 Å². The molecule has 7 nitrogen and oxygen atoms in total. The summed E-state index contributed by atoms with van der Waals surface area (Å²) in [6, 6.07) is 0. The number of hydrogen-bond acceptors (Lipinski definition) is 7. The lowest BCUT2D eigenvalue weighted by Gasteiger charge is -2.36. The Kier molecular flexibility index (Phi) is 7.76. The standard InChI is InChI=1S/C14H26O2.C13H18O5/c1-6-13(4,5)12(15)16-14(11(2)3)9-7-8-10-14;1-4-13(2,3)12(15)18-9-7-5-6-8(16-7)10(9)17-11(6)14/h11H,6-10H2,1-5H3;6-10H,4-5H2,1-3H3. The smallest absolute Gasteiger partial charge is 0.312 e. The fourth-order valence-electron chi connectivity index (χ4n) is 5.05. The van der Waals surface area contributed by atoms with Crippen LogP contribution in [0.3, 0.4) is 0 Å². The molecule has 0 aromatic rings. The molecule has 4 rings (SSSR count). The van der Waals surface area contributed by atoms with E-state index < -0.39 is 17.6 Å². The normalized spacial score (nSPS) is 31.2. The Morgan fingerprint density at radius 2 is 1.56 bits per heavy atom. The van der Waals surface area contributed by atoms with E-state index in [2.05, 4.69) is 13.8 Å². The SMILES string of the molecule is CCC(C)(C)C(=O)OC1(C(C)C)CCCC1.CCC(C)(C)C(=O)OC1C2CC3C(=O)OC1C3O2. The lowest BCUT2D eigenvalue weighted by Crippen LogP contribution is -2.42. The average Bonchev–Trinajstić information content (AvgIpc) is 3.53. The summed E-state index contributed by atoms with van der Waals surface area (Å²) in [5, 5.41) is 0. The van der Waals surface area contributed by atoms with Crippen LogP contribution in [0, 0.1) is 22.7 Å². The number of carbonyl (C=O) groups excluding carboxylic acids is 3. The lowest BCUT2D eigenvalue weighted by atomic mass is 9.86. The lowest BCUT2D eigenvalue weighted by molar-refractivity contribution is -0.175. The molecule has 0 aromatic heterocycles. The van der Waals surface area contributed by atoms with Crippen molar-refractivity contribution in [3.05, 3.63) is 0 Å². The quantitative estimate of drug-likeness (QED) is 0.375. The zero-order valence-electron chi connectivity index (χ0n) is 22.3. The van der Waals surface area contributed by atoms with Crippen LogP contribution in [0.15, 0.2) is 0 Å². The Hall–Kier alpha value is -1.63. The fraction of sp³-hybridized carbons (Fsp3) is 0.889. The minimum absolute atomic E-state index is 0.0226. The molecule has 5 unspecified atom stereocenters. The predicted molar refractivity (Wildman–Crippen MR) is 127 cm³/mol. The van der Waals surface area contributed by atoms with Gasteiger partial charge in [-0.3, -0.25) is 14.4 Å². The van der Waals surface area contributed by atoms with Crippen molar-refractivity contribution in [2.45, 2.75) is 130 Å². The predicted octanol–water partition coefficient (Wildman–Crippen LogP) is 4.98. The first-order valence-corrected chi connectivity index (χ1v) is 13.1. The average molecular weight is 481 g/mol. The number of fused-ring (bicyclic) bond motifs is 1. The van der Waals surface area contributed by atoms with Gasteiger partial charge in [-0.2, -0.15) is 0 Å². The molecule has 1 aliphatic carbocycles. The van der Waals surface area contributed by atoms with Crippen molar-refractivity contribution in [2.75, 3.05) is 0 Å². The molecule has 0 amide bonds. The molecule has 0 aromatic carbocycles. The van der Waals surface area contributed by atoms with Gasteiger partial charge in [0.05, 0.1) is 22.9 Å². The van der Waals surface area contributed by atoms with Crippen molar-refractivity contribution < 1.29 is 33.3 Å². The van der Waals surface area contributed by atoms with Crippen LogP contribution in [0.2, 0.25) is 0 Å². The molecule has 5 atom stereocenters. The van der Waals surface area contributed by atoms with Gasteiger partial charge in [-0.1, -0.05) is 27.7 Å². The maximum Gasteiger partial charge on any atom is 0.312 e. The van der Waals surface area contributed by atoms with Crippen LogP contribution in [0.5, 0.6) is 0 Å². The molecule has 1 saturated carbocycles. The van der Waals surface area contributed by atoms with E-state index in [0.717, 1.165) is 19.3 Å². The highest BCUT2D eigenvalue weighted by Gasteiger charge is 2.65. The number of ether oxygens (including phenoxy) is 4. The van der Waals surface area contributed by atoms with Crippen LogP contribution in [0.1, 0.15) is 100 Å². The summed E-state index contributed by atoms with van der Waals surface area (Å²) < 4.78 is 22.3. The van der Waals surface area contributed by atoms with Crippen molar-refractivity contribution in [1.82, 2.24) is 0 Å². The highest BCUT2D eigenvalue weighted by Crippen LogP contribution is 2.48. The molecule has 3 heterocycles. The summed E-state index contributed by atoms with van der Waals surface area (Å²) in [6.07, 6.45) is 5.43. The second-order valence-corrected chi connectivity index (χ2v) is 12.0. The van der Waals surface area contributed by atoms with E-state index in [4.69, 9.17) is 18.9 Å². The third kappa shape index (κ3) is 5.00. The number of carbonyl (C=O) groups is 3. The first kappa shape index (κ1) is 27.0. The Balaban J connectivity index is 0.000000192. The molecule has 3 aliphatic heterocycles.